The highest BCUT2D eigenvalue weighted by Gasteiger charge is 2.31. The highest BCUT2D eigenvalue weighted by Crippen LogP contribution is 2.10. The first-order valence-corrected chi connectivity index (χ1v) is 6.38. The summed E-state index contributed by atoms with van der Waals surface area (Å²) in [4.78, 5) is 45.4. The summed E-state index contributed by atoms with van der Waals surface area (Å²) < 4.78 is 0. The highest BCUT2D eigenvalue weighted by molar-refractivity contribution is 5.94. The Morgan fingerprint density at radius 1 is 1.14 bits per heavy atom. The Morgan fingerprint density at radius 3 is 2.18 bits per heavy atom. The molecule has 1 aromatic carbocycles. The molecule has 0 spiro atoms. The number of imide groups is 1. The summed E-state index contributed by atoms with van der Waals surface area (Å²) in [5, 5.41) is 17.9. The van der Waals surface area contributed by atoms with Gasteiger partial charge >= 0.3 is 11.9 Å². The average Bonchev–Trinajstić information content (AvgIpc) is 2.47. The van der Waals surface area contributed by atoms with Crippen molar-refractivity contribution >= 4 is 24.3 Å². The van der Waals surface area contributed by atoms with Crippen LogP contribution in [0.4, 0.5) is 0 Å². The van der Waals surface area contributed by atoms with Gasteiger partial charge in [-0.1, -0.05) is 30.3 Å². The van der Waals surface area contributed by atoms with E-state index in [1.165, 1.54) is 0 Å². The lowest BCUT2D eigenvalue weighted by Gasteiger charge is -2.24. The fourth-order valence-corrected chi connectivity index (χ4v) is 1.83. The van der Waals surface area contributed by atoms with E-state index in [1.54, 1.807) is 30.3 Å². The molecule has 1 rings (SSSR count). The molecular formula is C14H16N2O6. The minimum atomic E-state index is -1.50. The minimum absolute atomic E-state index is 0.0804. The lowest BCUT2D eigenvalue weighted by molar-refractivity contribution is -0.154. The molecule has 2 amide bonds. The second-order valence-corrected chi connectivity index (χ2v) is 4.60. The maximum absolute atomic E-state index is 11.9. The van der Waals surface area contributed by atoms with E-state index in [0.717, 1.165) is 0 Å². The van der Waals surface area contributed by atoms with Gasteiger partial charge in [0.15, 0.2) is 0 Å². The van der Waals surface area contributed by atoms with Crippen molar-refractivity contribution in [2.24, 2.45) is 5.73 Å². The second-order valence-electron chi connectivity index (χ2n) is 4.60. The monoisotopic (exact) mass is 308 g/mol. The third-order valence-electron chi connectivity index (χ3n) is 3.01. The first-order valence-electron chi connectivity index (χ1n) is 6.38. The maximum Gasteiger partial charge on any atom is 0.327 e. The van der Waals surface area contributed by atoms with E-state index in [9.17, 15) is 24.3 Å². The van der Waals surface area contributed by atoms with Crippen LogP contribution in [0.5, 0.6) is 0 Å². The molecule has 22 heavy (non-hydrogen) atoms. The van der Waals surface area contributed by atoms with E-state index in [2.05, 4.69) is 0 Å². The summed E-state index contributed by atoms with van der Waals surface area (Å²) in [6, 6.07) is 5.53. The van der Waals surface area contributed by atoms with Crippen molar-refractivity contribution in [2.45, 2.75) is 24.9 Å². The fraction of sp³-hybridized carbons (Fsp3) is 0.286. The molecule has 1 aromatic rings. The lowest BCUT2D eigenvalue weighted by atomic mass is 10.0. The summed E-state index contributed by atoms with van der Waals surface area (Å²) in [5.41, 5.74) is 5.85. The molecule has 0 fully saturated rings. The van der Waals surface area contributed by atoms with Crippen LogP contribution in [-0.4, -0.2) is 51.5 Å². The topological polar surface area (TPSA) is 138 Å². The maximum atomic E-state index is 11.9. The van der Waals surface area contributed by atoms with Crippen molar-refractivity contribution in [3.05, 3.63) is 35.9 Å². The number of benzene rings is 1. The van der Waals surface area contributed by atoms with Crippen LogP contribution < -0.4 is 5.73 Å². The van der Waals surface area contributed by atoms with Crippen molar-refractivity contribution in [1.29, 1.82) is 0 Å². The molecule has 0 aliphatic carbocycles. The molecule has 0 saturated carbocycles. The largest absolute Gasteiger partial charge is 0.480 e. The van der Waals surface area contributed by atoms with Gasteiger partial charge in [0.25, 0.3) is 0 Å². The SMILES string of the molecule is N[C@@H](CC(=O)N(C=O)[C@@H](Cc1ccccc1)C(=O)O)C(=O)O. The van der Waals surface area contributed by atoms with Gasteiger partial charge in [0, 0.05) is 6.42 Å². The molecule has 8 nitrogen and oxygen atoms in total. The molecule has 0 unspecified atom stereocenters. The standard InChI is InChI=1S/C14H16N2O6/c15-10(13(19)20)7-12(18)16(8-17)11(14(21)22)6-9-4-2-1-3-5-9/h1-5,8,10-11H,6-7,15H2,(H,19,20)(H,21,22)/t10-,11-/m0/s1. The van der Waals surface area contributed by atoms with Gasteiger partial charge < -0.3 is 15.9 Å². The smallest absolute Gasteiger partial charge is 0.327 e. The summed E-state index contributed by atoms with van der Waals surface area (Å²) in [5.74, 6) is -3.73. The lowest BCUT2D eigenvalue weighted by Crippen LogP contribution is -2.48. The van der Waals surface area contributed by atoms with E-state index in [-0.39, 0.29) is 12.8 Å². The van der Waals surface area contributed by atoms with E-state index in [0.29, 0.717) is 10.5 Å². The quantitative estimate of drug-likeness (QED) is 0.549. The van der Waals surface area contributed by atoms with E-state index in [1.807, 2.05) is 0 Å². The number of carboxylic acids is 2. The Labute approximate surface area is 126 Å². The summed E-state index contributed by atoms with van der Waals surface area (Å²) in [6.07, 6.45) is -0.658. The van der Waals surface area contributed by atoms with Crippen molar-refractivity contribution in [2.75, 3.05) is 0 Å². The fourth-order valence-electron chi connectivity index (χ4n) is 1.83. The first-order chi connectivity index (χ1) is 10.4. The van der Waals surface area contributed by atoms with Crippen LogP contribution in [-0.2, 0) is 25.6 Å². The number of rotatable bonds is 8. The van der Waals surface area contributed by atoms with Crippen LogP contribution >= 0.6 is 0 Å². The zero-order valence-electron chi connectivity index (χ0n) is 11.6. The van der Waals surface area contributed by atoms with Crippen LogP contribution in [0.2, 0.25) is 0 Å². The Morgan fingerprint density at radius 2 is 1.73 bits per heavy atom. The van der Waals surface area contributed by atoms with E-state index >= 15 is 0 Å². The molecule has 0 aromatic heterocycles. The van der Waals surface area contributed by atoms with Gasteiger partial charge in [0.2, 0.25) is 12.3 Å². The molecule has 0 heterocycles. The van der Waals surface area contributed by atoms with E-state index in [4.69, 9.17) is 10.8 Å². The van der Waals surface area contributed by atoms with Crippen molar-refractivity contribution < 1.29 is 29.4 Å². The Bertz CT molecular complexity index is 560. The molecule has 0 aliphatic rings. The number of carbonyl (C=O) groups is 4. The number of carboxylic acid groups (broad SMARTS) is 2. The number of amides is 2. The molecule has 2 atom stereocenters. The van der Waals surface area contributed by atoms with Gasteiger partial charge in [-0.3, -0.25) is 19.3 Å². The third-order valence-corrected chi connectivity index (χ3v) is 3.01. The summed E-state index contributed by atoms with van der Waals surface area (Å²) in [7, 11) is 0. The minimum Gasteiger partial charge on any atom is -0.480 e. The molecule has 0 saturated heterocycles. The molecule has 0 aliphatic heterocycles. The molecule has 4 N–H and O–H groups in total. The summed E-state index contributed by atoms with van der Waals surface area (Å²) in [6.45, 7) is 0. The highest BCUT2D eigenvalue weighted by atomic mass is 16.4. The number of hydrogen-bond acceptors (Lipinski definition) is 5. The zero-order chi connectivity index (χ0) is 16.7. The zero-order valence-corrected chi connectivity index (χ0v) is 11.6. The van der Waals surface area contributed by atoms with Crippen molar-refractivity contribution in [1.82, 2.24) is 4.90 Å². The predicted molar refractivity (Wildman–Crippen MR) is 74.7 cm³/mol. The molecule has 8 heteroatoms. The first kappa shape index (κ1) is 17.3. The number of hydrogen-bond donors (Lipinski definition) is 3. The predicted octanol–water partition coefficient (Wildman–Crippen LogP) is -0.531. The normalized spacial score (nSPS) is 13.0. The van der Waals surface area contributed by atoms with Crippen LogP contribution in [0.25, 0.3) is 0 Å². The molecule has 118 valence electrons. The van der Waals surface area contributed by atoms with Gasteiger partial charge in [-0.2, -0.15) is 0 Å². The third kappa shape index (κ3) is 4.67. The van der Waals surface area contributed by atoms with E-state index < -0.39 is 36.4 Å². The molecular weight excluding hydrogens is 292 g/mol. The Hall–Kier alpha value is -2.74. The number of nitrogens with two attached hydrogens (primary N) is 1. The number of aliphatic carboxylic acids is 2. The van der Waals surface area contributed by atoms with Crippen LogP contribution in [0.15, 0.2) is 30.3 Å². The average molecular weight is 308 g/mol. The summed E-state index contributed by atoms with van der Waals surface area (Å²) >= 11 is 0. The van der Waals surface area contributed by atoms with Crippen LogP contribution in [0.1, 0.15) is 12.0 Å². The Kier molecular flexibility index (Phi) is 6.21. The van der Waals surface area contributed by atoms with Gasteiger partial charge in [-0.25, -0.2) is 4.79 Å². The van der Waals surface area contributed by atoms with Crippen molar-refractivity contribution in [3.8, 4) is 0 Å². The van der Waals surface area contributed by atoms with Gasteiger partial charge in [-0.05, 0) is 5.56 Å². The number of carbonyl (C=O) groups excluding carboxylic acids is 2. The van der Waals surface area contributed by atoms with Gasteiger partial charge in [-0.15, -0.1) is 0 Å². The van der Waals surface area contributed by atoms with Gasteiger partial charge in [0.05, 0.1) is 6.42 Å². The van der Waals surface area contributed by atoms with Crippen LogP contribution in [0, 0.1) is 0 Å². The van der Waals surface area contributed by atoms with Crippen LogP contribution in [0.3, 0.4) is 0 Å². The van der Waals surface area contributed by atoms with Crippen molar-refractivity contribution in [3.63, 3.8) is 0 Å². The molecule has 0 radical (unpaired) electrons. The second kappa shape index (κ2) is 7.89. The molecule has 0 bridgehead atoms. The Balaban J connectivity index is 2.91. The number of nitrogens with zero attached hydrogens (tertiary/aromatic N) is 1. The van der Waals surface area contributed by atoms with Gasteiger partial charge in [0.1, 0.15) is 12.1 Å².